The van der Waals surface area contributed by atoms with Crippen molar-refractivity contribution in [1.29, 1.82) is 0 Å². The van der Waals surface area contributed by atoms with Crippen LogP contribution in [0.5, 0.6) is 0 Å². The largest absolute Gasteiger partial charge is 0.326 e. The van der Waals surface area contributed by atoms with Gasteiger partial charge in [0.1, 0.15) is 0 Å². The zero-order valence-corrected chi connectivity index (χ0v) is 11.8. The molecule has 1 unspecified atom stereocenters. The highest BCUT2D eigenvalue weighted by Gasteiger charge is 2.51. The van der Waals surface area contributed by atoms with Crippen LogP contribution in [0.2, 0.25) is 0 Å². The first kappa shape index (κ1) is 12.3. The Morgan fingerprint density at radius 1 is 1.00 bits per heavy atom. The van der Waals surface area contributed by atoms with Crippen LogP contribution in [0.15, 0.2) is 42.5 Å². The zero-order valence-electron chi connectivity index (χ0n) is 11.8. The molecule has 0 radical (unpaired) electrons. The number of benzene rings is 2. The van der Waals surface area contributed by atoms with E-state index in [1.807, 2.05) is 49.4 Å². The van der Waals surface area contributed by atoms with Crippen molar-refractivity contribution in [2.24, 2.45) is 0 Å². The van der Waals surface area contributed by atoms with Gasteiger partial charge in [-0.25, -0.2) is 0 Å². The summed E-state index contributed by atoms with van der Waals surface area (Å²) in [6, 6.07) is 13.6. The van der Waals surface area contributed by atoms with Crippen LogP contribution >= 0.6 is 0 Å². The number of carbonyl (C=O) groups excluding carboxylic acids is 2. The fourth-order valence-electron chi connectivity index (χ4n) is 3.70. The van der Waals surface area contributed by atoms with Gasteiger partial charge >= 0.3 is 0 Å². The number of aryl methyl sites for hydroxylation is 1. The molecule has 2 aliphatic rings. The number of anilines is 1. The number of rotatable bonds is 0. The number of hydrogen-bond acceptors (Lipinski definition) is 2. The molecule has 1 aliphatic heterocycles. The van der Waals surface area contributed by atoms with Crippen molar-refractivity contribution in [1.82, 2.24) is 0 Å². The molecule has 1 spiro atoms. The fourth-order valence-corrected chi connectivity index (χ4v) is 3.70. The van der Waals surface area contributed by atoms with E-state index in [1.54, 1.807) is 0 Å². The zero-order chi connectivity index (χ0) is 14.6. The first-order chi connectivity index (χ1) is 10.1. The van der Waals surface area contributed by atoms with Gasteiger partial charge in [0.25, 0.3) is 0 Å². The van der Waals surface area contributed by atoms with Crippen LogP contribution in [0.25, 0.3) is 0 Å². The molecule has 1 amide bonds. The molecule has 104 valence electrons. The molecule has 3 heteroatoms. The van der Waals surface area contributed by atoms with Gasteiger partial charge in [-0.05, 0) is 30.0 Å². The van der Waals surface area contributed by atoms with Crippen molar-refractivity contribution >= 4 is 17.4 Å². The lowest BCUT2D eigenvalue weighted by molar-refractivity contribution is -0.117. The Hall–Kier alpha value is -2.42. The summed E-state index contributed by atoms with van der Waals surface area (Å²) >= 11 is 0. The number of hydrogen-bond donors (Lipinski definition) is 1. The summed E-state index contributed by atoms with van der Waals surface area (Å²) < 4.78 is 0. The van der Waals surface area contributed by atoms with Gasteiger partial charge in [-0.3, -0.25) is 9.59 Å². The lowest BCUT2D eigenvalue weighted by atomic mass is 9.71. The van der Waals surface area contributed by atoms with E-state index in [4.69, 9.17) is 0 Å². The summed E-state index contributed by atoms with van der Waals surface area (Å²) in [5, 5.41) is 2.94. The molecule has 0 saturated heterocycles. The van der Waals surface area contributed by atoms with E-state index in [1.165, 1.54) is 0 Å². The molecule has 0 fully saturated rings. The normalized spacial score (nSPS) is 22.9. The van der Waals surface area contributed by atoms with Crippen LogP contribution in [0, 0.1) is 6.92 Å². The number of carbonyl (C=O) groups is 2. The molecule has 21 heavy (non-hydrogen) atoms. The molecule has 2 aromatic rings. The summed E-state index contributed by atoms with van der Waals surface area (Å²) in [7, 11) is 0. The Morgan fingerprint density at radius 3 is 2.62 bits per heavy atom. The van der Waals surface area contributed by atoms with Crippen LogP contribution in [-0.4, -0.2) is 11.7 Å². The monoisotopic (exact) mass is 277 g/mol. The summed E-state index contributed by atoms with van der Waals surface area (Å²) in [6.07, 6.45) is 0.850. The van der Waals surface area contributed by atoms with Crippen LogP contribution in [0.1, 0.15) is 33.5 Å². The Labute approximate surface area is 123 Å². The topological polar surface area (TPSA) is 46.2 Å². The average Bonchev–Trinajstić information content (AvgIpc) is 2.74. The van der Waals surface area contributed by atoms with Gasteiger partial charge in [-0.15, -0.1) is 0 Å². The first-order valence-electron chi connectivity index (χ1n) is 7.14. The molecule has 0 bridgehead atoms. The second kappa shape index (κ2) is 4.04. The predicted molar refractivity (Wildman–Crippen MR) is 80.6 cm³/mol. The highest BCUT2D eigenvalue weighted by molar-refractivity contribution is 6.14. The Morgan fingerprint density at radius 2 is 1.81 bits per heavy atom. The third-order valence-corrected chi connectivity index (χ3v) is 4.70. The van der Waals surface area contributed by atoms with Crippen molar-refractivity contribution in [3.63, 3.8) is 0 Å². The van der Waals surface area contributed by atoms with E-state index >= 15 is 0 Å². The van der Waals surface area contributed by atoms with Gasteiger partial charge in [-0.1, -0.05) is 42.5 Å². The SMILES string of the molecule is Cc1cccc2c1NC(=O)CC21Cc2ccccc2C1=O. The molecule has 0 saturated carbocycles. The van der Waals surface area contributed by atoms with Gasteiger partial charge < -0.3 is 5.32 Å². The van der Waals surface area contributed by atoms with Crippen molar-refractivity contribution < 1.29 is 9.59 Å². The number of Topliss-reactive ketones (excluding diaryl/α,β-unsaturated/α-hetero) is 1. The molecule has 2 aromatic carbocycles. The molecule has 1 atom stereocenters. The number of ketones is 1. The second-order valence-corrected chi connectivity index (χ2v) is 5.97. The number of amides is 1. The Kier molecular flexibility index (Phi) is 2.37. The Balaban J connectivity index is 1.97. The minimum absolute atomic E-state index is 0.0713. The highest BCUT2D eigenvalue weighted by atomic mass is 16.2. The molecule has 0 aromatic heterocycles. The number of nitrogens with one attached hydrogen (secondary N) is 1. The molecule has 3 nitrogen and oxygen atoms in total. The highest BCUT2D eigenvalue weighted by Crippen LogP contribution is 2.47. The molecule has 4 rings (SSSR count). The summed E-state index contributed by atoms with van der Waals surface area (Å²) in [5.41, 5.74) is 3.87. The Bertz CT molecular complexity index is 794. The summed E-state index contributed by atoms with van der Waals surface area (Å²) in [4.78, 5) is 25.2. The quantitative estimate of drug-likeness (QED) is 0.804. The first-order valence-corrected chi connectivity index (χ1v) is 7.14. The lowest BCUT2D eigenvalue weighted by Crippen LogP contribution is -2.42. The van der Waals surface area contributed by atoms with Crippen LogP contribution in [-0.2, 0) is 16.6 Å². The third kappa shape index (κ3) is 1.54. The van der Waals surface area contributed by atoms with E-state index in [0.29, 0.717) is 6.42 Å². The average molecular weight is 277 g/mol. The maximum atomic E-state index is 13.0. The van der Waals surface area contributed by atoms with E-state index in [0.717, 1.165) is 27.9 Å². The molecule has 1 N–H and O–H groups in total. The fraction of sp³-hybridized carbons (Fsp3) is 0.222. The van der Waals surface area contributed by atoms with Crippen molar-refractivity contribution in [3.05, 3.63) is 64.7 Å². The maximum absolute atomic E-state index is 13.0. The van der Waals surface area contributed by atoms with Crippen LogP contribution in [0.3, 0.4) is 0 Å². The van der Waals surface area contributed by atoms with Gasteiger partial charge in [0.15, 0.2) is 5.78 Å². The standard InChI is InChI=1S/C18H15NO2/c1-11-5-4-8-14-16(11)19-15(20)10-18(14)9-12-6-2-3-7-13(12)17(18)21/h2-8H,9-10H2,1H3,(H,19,20). The molecule has 1 heterocycles. The third-order valence-electron chi connectivity index (χ3n) is 4.70. The summed E-state index contributed by atoms with van der Waals surface area (Å²) in [6.45, 7) is 1.96. The minimum atomic E-state index is -0.715. The van der Waals surface area contributed by atoms with E-state index < -0.39 is 5.41 Å². The van der Waals surface area contributed by atoms with E-state index in [2.05, 4.69) is 5.32 Å². The summed E-state index contributed by atoms with van der Waals surface area (Å²) in [5.74, 6) is 0.0118. The molecule has 1 aliphatic carbocycles. The van der Waals surface area contributed by atoms with Gasteiger partial charge in [0, 0.05) is 17.7 Å². The molecular formula is C18H15NO2. The lowest BCUT2D eigenvalue weighted by Gasteiger charge is -2.34. The van der Waals surface area contributed by atoms with Crippen molar-refractivity contribution in [3.8, 4) is 0 Å². The van der Waals surface area contributed by atoms with Crippen LogP contribution < -0.4 is 5.32 Å². The van der Waals surface area contributed by atoms with Crippen molar-refractivity contribution in [2.45, 2.75) is 25.2 Å². The maximum Gasteiger partial charge on any atom is 0.225 e. The van der Waals surface area contributed by atoms with Gasteiger partial charge in [0.05, 0.1) is 5.41 Å². The van der Waals surface area contributed by atoms with E-state index in [9.17, 15) is 9.59 Å². The minimum Gasteiger partial charge on any atom is -0.326 e. The molecular weight excluding hydrogens is 262 g/mol. The van der Waals surface area contributed by atoms with Crippen molar-refractivity contribution in [2.75, 3.05) is 5.32 Å². The smallest absolute Gasteiger partial charge is 0.225 e. The van der Waals surface area contributed by atoms with Gasteiger partial charge in [0.2, 0.25) is 5.91 Å². The number of para-hydroxylation sites is 1. The van der Waals surface area contributed by atoms with E-state index in [-0.39, 0.29) is 18.1 Å². The van der Waals surface area contributed by atoms with Gasteiger partial charge in [-0.2, -0.15) is 0 Å². The predicted octanol–water partition coefficient (Wildman–Crippen LogP) is 3.01. The second-order valence-electron chi connectivity index (χ2n) is 5.97. The number of fused-ring (bicyclic) bond motifs is 3. The van der Waals surface area contributed by atoms with Crippen LogP contribution in [0.4, 0.5) is 5.69 Å².